The third-order valence-corrected chi connectivity index (χ3v) is 3.95. The van der Waals surface area contributed by atoms with Gasteiger partial charge in [0.1, 0.15) is 13.2 Å². The normalized spacial score (nSPS) is 14.1. The lowest BCUT2D eigenvalue weighted by atomic mass is 10.3. The van der Waals surface area contributed by atoms with E-state index in [1.165, 1.54) is 18.2 Å². The minimum absolute atomic E-state index is 0.0356. The molecular weight excluding hydrogens is 272 g/mol. The van der Waals surface area contributed by atoms with Gasteiger partial charge in [-0.15, -0.1) is 0 Å². The second-order valence-corrected chi connectivity index (χ2v) is 5.69. The zero-order valence-electron chi connectivity index (χ0n) is 10.1. The number of ether oxygens (including phenoxy) is 2. The summed E-state index contributed by atoms with van der Waals surface area (Å²) in [7, 11) is -3.68. The fourth-order valence-corrected chi connectivity index (χ4v) is 2.63. The third-order valence-electron chi connectivity index (χ3n) is 2.49. The lowest BCUT2D eigenvalue weighted by Crippen LogP contribution is -2.28. The summed E-state index contributed by atoms with van der Waals surface area (Å²) in [5.41, 5.74) is 4.94. The molecule has 1 aromatic rings. The van der Waals surface area contributed by atoms with E-state index in [1.807, 2.05) is 0 Å². The number of nitrogens with one attached hydrogen (secondary N) is 1. The van der Waals surface area contributed by atoms with Crippen molar-refractivity contribution in [1.82, 2.24) is 4.72 Å². The Labute approximate surface area is 110 Å². The molecule has 2 rings (SSSR count). The Kier molecular flexibility index (Phi) is 3.91. The number of hydrogen-bond acceptors (Lipinski definition) is 5. The van der Waals surface area contributed by atoms with Crippen LogP contribution in [0.5, 0.6) is 11.5 Å². The summed E-state index contributed by atoms with van der Waals surface area (Å²) in [4.78, 5) is 10.6. The van der Waals surface area contributed by atoms with Crippen LogP contribution in [-0.2, 0) is 14.8 Å². The van der Waals surface area contributed by atoms with Crippen molar-refractivity contribution < 1.29 is 22.7 Å². The average molecular weight is 286 g/mol. The van der Waals surface area contributed by atoms with Gasteiger partial charge in [0.15, 0.2) is 11.5 Å². The van der Waals surface area contributed by atoms with Gasteiger partial charge in [-0.05, 0) is 12.1 Å². The van der Waals surface area contributed by atoms with Crippen LogP contribution in [0.3, 0.4) is 0 Å². The highest BCUT2D eigenvalue weighted by Gasteiger charge is 2.19. The molecule has 0 atom stereocenters. The highest BCUT2D eigenvalue weighted by Crippen LogP contribution is 2.32. The van der Waals surface area contributed by atoms with E-state index >= 15 is 0 Å². The van der Waals surface area contributed by atoms with E-state index in [1.54, 1.807) is 0 Å². The average Bonchev–Trinajstić information content (AvgIpc) is 2.37. The molecule has 3 N–H and O–H groups in total. The van der Waals surface area contributed by atoms with Gasteiger partial charge in [-0.1, -0.05) is 0 Å². The summed E-state index contributed by atoms with van der Waals surface area (Å²) in [6, 6.07) is 4.35. The molecule has 1 amide bonds. The van der Waals surface area contributed by atoms with Crippen LogP contribution in [0.4, 0.5) is 0 Å². The Morgan fingerprint density at radius 2 is 1.95 bits per heavy atom. The molecule has 0 bridgehead atoms. The number of rotatable bonds is 5. The van der Waals surface area contributed by atoms with Crippen molar-refractivity contribution in [1.29, 1.82) is 0 Å². The van der Waals surface area contributed by atoms with Gasteiger partial charge in [0, 0.05) is 19.0 Å². The number of nitrogens with two attached hydrogens (primary N) is 1. The molecule has 1 aliphatic heterocycles. The third kappa shape index (κ3) is 3.36. The predicted octanol–water partition coefficient (Wildman–Crippen LogP) is -0.389. The summed E-state index contributed by atoms with van der Waals surface area (Å²) >= 11 is 0. The van der Waals surface area contributed by atoms with E-state index in [4.69, 9.17) is 15.2 Å². The fraction of sp³-hybridized carbons (Fsp3) is 0.364. The number of primary amides is 1. The highest BCUT2D eigenvalue weighted by atomic mass is 32.2. The van der Waals surface area contributed by atoms with E-state index in [9.17, 15) is 13.2 Å². The van der Waals surface area contributed by atoms with Crippen LogP contribution in [0.2, 0.25) is 0 Å². The van der Waals surface area contributed by atoms with Crippen molar-refractivity contribution in [3.63, 3.8) is 0 Å². The van der Waals surface area contributed by atoms with E-state index in [-0.39, 0.29) is 17.9 Å². The molecule has 7 nitrogen and oxygen atoms in total. The van der Waals surface area contributed by atoms with Gasteiger partial charge in [0.05, 0.1) is 4.90 Å². The smallest absolute Gasteiger partial charge is 0.240 e. The van der Waals surface area contributed by atoms with E-state index in [2.05, 4.69) is 4.72 Å². The first kappa shape index (κ1) is 13.6. The standard InChI is InChI=1S/C11H14N2O5S/c12-11(14)3-4-13-19(15,16)8-1-2-9-10(7-8)18-6-5-17-9/h1-2,7,13H,3-6H2,(H2,12,14). The Hall–Kier alpha value is -1.80. The Balaban J connectivity index is 2.14. The number of hydrogen-bond donors (Lipinski definition) is 2. The summed E-state index contributed by atoms with van der Waals surface area (Å²) in [6.45, 7) is 0.785. The molecule has 8 heteroatoms. The minimum Gasteiger partial charge on any atom is -0.486 e. The van der Waals surface area contributed by atoms with Crippen molar-refractivity contribution in [3.8, 4) is 11.5 Å². The Bertz CT molecular complexity index is 585. The summed E-state index contributed by atoms with van der Waals surface area (Å²) in [5.74, 6) is 0.344. The molecule has 0 radical (unpaired) electrons. The lowest BCUT2D eigenvalue weighted by molar-refractivity contribution is -0.117. The van der Waals surface area contributed by atoms with Crippen molar-refractivity contribution in [2.45, 2.75) is 11.3 Å². The maximum Gasteiger partial charge on any atom is 0.240 e. The molecule has 0 saturated heterocycles. The van der Waals surface area contributed by atoms with Gasteiger partial charge in [-0.2, -0.15) is 0 Å². The molecular formula is C11H14N2O5S. The van der Waals surface area contributed by atoms with Crippen molar-refractivity contribution >= 4 is 15.9 Å². The van der Waals surface area contributed by atoms with Crippen LogP contribution in [-0.4, -0.2) is 34.1 Å². The summed E-state index contributed by atoms with van der Waals surface area (Å²) in [5, 5.41) is 0. The van der Waals surface area contributed by atoms with Crippen molar-refractivity contribution in [2.24, 2.45) is 5.73 Å². The molecule has 0 fully saturated rings. The molecule has 0 spiro atoms. The monoisotopic (exact) mass is 286 g/mol. The lowest BCUT2D eigenvalue weighted by Gasteiger charge is -2.18. The van der Waals surface area contributed by atoms with Crippen LogP contribution in [0.1, 0.15) is 6.42 Å². The van der Waals surface area contributed by atoms with Gasteiger partial charge in [0.2, 0.25) is 15.9 Å². The second kappa shape index (κ2) is 5.45. The predicted molar refractivity (Wildman–Crippen MR) is 66.4 cm³/mol. The SMILES string of the molecule is NC(=O)CCNS(=O)(=O)c1ccc2c(c1)OCCO2. The van der Waals surface area contributed by atoms with Gasteiger partial charge in [0.25, 0.3) is 0 Å². The number of carbonyl (C=O) groups excluding carboxylic acids is 1. The first-order valence-corrected chi connectivity index (χ1v) is 7.15. The van der Waals surface area contributed by atoms with Gasteiger partial charge < -0.3 is 15.2 Å². The van der Waals surface area contributed by atoms with E-state index < -0.39 is 15.9 Å². The maximum atomic E-state index is 11.9. The summed E-state index contributed by atoms with van der Waals surface area (Å²) in [6.07, 6.45) is -0.0518. The minimum atomic E-state index is -3.68. The fourth-order valence-electron chi connectivity index (χ4n) is 1.58. The number of amides is 1. The number of fused-ring (bicyclic) bond motifs is 1. The van der Waals surface area contributed by atoms with Gasteiger partial charge in [-0.25, -0.2) is 13.1 Å². The highest BCUT2D eigenvalue weighted by molar-refractivity contribution is 7.89. The van der Waals surface area contributed by atoms with Crippen LogP contribution in [0.25, 0.3) is 0 Å². The van der Waals surface area contributed by atoms with Gasteiger partial charge in [-0.3, -0.25) is 4.79 Å². The molecule has 19 heavy (non-hydrogen) atoms. The van der Waals surface area contributed by atoms with Crippen LogP contribution in [0.15, 0.2) is 23.1 Å². The second-order valence-electron chi connectivity index (χ2n) is 3.92. The molecule has 0 unspecified atom stereocenters. The molecule has 0 saturated carbocycles. The number of benzene rings is 1. The van der Waals surface area contributed by atoms with Crippen LogP contribution >= 0.6 is 0 Å². The number of sulfonamides is 1. The van der Waals surface area contributed by atoms with Crippen LogP contribution in [0, 0.1) is 0 Å². The van der Waals surface area contributed by atoms with Crippen molar-refractivity contribution in [3.05, 3.63) is 18.2 Å². The van der Waals surface area contributed by atoms with Crippen LogP contribution < -0.4 is 19.9 Å². The molecule has 104 valence electrons. The summed E-state index contributed by atoms with van der Waals surface area (Å²) < 4.78 is 36.8. The topological polar surface area (TPSA) is 108 Å². The number of carbonyl (C=O) groups is 1. The quantitative estimate of drug-likeness (QED) is 0.766. The maximum absolute atomic E-state index is 11.9. The Morgan fingerprint density at radius 3 is 2.63 bits per heavy atom. The van der Waals surface area contributed by atoms with E-state index in [0.29, 0.717) is 24.7 Å². The molecule has 1 aliphatic rings. The van der Waals surface area contributed by atoms with Gasteiger partial charge >= 0.3 is 0 Å². The van der Waals surface area contributed by atoms with Crippen molar-refractivity contribution in [2.75, 3.05) is 19.8 Å². The molecule has 0 aromatic heterocycles. The molecule has 0 aliphatic carbocycles. The molecule has 1 aromatic carbocycles. The van der Waals surface area contributed by atoms with E-state index in [0.717, 1.165) is 0 Å². The molecule has 1 heterocycles. The first-order valence-electron chi connectivity index (χ1n) is 5.67. The first-order chi connectivity index (χ1) is 8.99. The zero-order chi connectivity index (χ0) is 13.9. The zero-order valence-corrected chi connectivity index (χ0v) is 10.9. The Morgan fingerprint density at radius 1 is 1.26 bits per heavy atom. The largest absolute Gasteiger partial charge is 0.486 e.